The van der Waals surface area contributed by atoms with Gasteiger partial charge in [0.2, 0.25) is 5.91 Å². The molecule has 2 aliphatic heterocycles. The summed E-state index contributed by atoms with van der Waals surface area (Å²) in [5, 5.41) is 18.9. The molecule has 2 aromatic rings. The first-order valence-electron chi connectivity index (χ1n) is 12.9. The zero-order valence-electron chi connectivity index (χ0n) is 20.3. The van der Waals surface area contributed by atoms with Crippen molar-refractivity contribution in [2.24, 2.45) is 0 Å². The third kappa shape index (κ3) is 5.79. The van der Waals surface area contributed by atoms with Gasteiger partial charge in [-0.1, -0.05) is 25.3 Å². The molecule has 1 aromatic heterocycles. The van der Waals surface area contributed by atoms with Gasteiger partial charge < -0.3 is 30.5 Å². The highest BCUT2D eigenvalue weighted by atomic mass is 16.6. The maximum atomic E-state index is 12.6. The van der Waals surface area contributed by atoms with Crippen LogP contribution in [0.15, 0.2) is 42.7 Å². The van der Waals surface area contributed by atoms with Crippen LogP contribution in [0.25, 0.3) is 0 Å². The first-order chi connectivity index (χ1) is 17.6. The number of amides is 3. The number of carbonyl (C=O) groups excluding carboxylic acids is 2. The minimum Gasteiger partial charge on any atom is -0.487 e. The average Bonchev–Trinajstić information content (AvgIpc) is 3.26. The van der Waals surface area contributed by atoms with Crippen molar-refractivity contribution in [3.05, 3.63) is 53.9 Å². The van der Waals surface area contributed by atoms with E-state index in [9.17, 15) is 14.7 Å². The van der Waals surface area contributed by atoms with Crippen LogP contribution in [-0.4, -0.2) is 53.0 Å². The lowest BCUT2D eigenvalue weighted by Crippen LogP contribution is -2.47. The number of fused-ring (bicyclic) bond motifs is 3. The molecule has 3 aliphatic rings. The van der Waals surface area contributed by atoms with E-state index in [0.717, 1.165) is 42.6 Å². The molecular weight excluding hydrogens is 460 g/mol. The van der Waals surface area contributed by atoms with E-state index < -0.39 is 6.10 Å². The van der Waals surface area contributed by atoms with Gasteiger partial charge in [-0.05, 0) is 49.1 Å². The van der Waals surface area contributed by atoms with Gasteiger partial charge in [-0.2, -0.15) is 0 Å². The number of rotatable bonds is 7. The van der Waals surface area contributed by atoms with Crippen molar-refractivity contribution in [2.75, 3.05) is 11.9 Å². The van der Waals surface area contributed by atoms with Crippen LogP contribution in [0.5, 0.6) is 5.75 Å². The fourth-order valence-electron chi connectivity index (χ4n) is 5.55. The van der Waals surface area contributed by atoms with Crippen LogP contribution in [0.3, 0.4) is 0 Å². The van der Waals surface area contributed by atoms with E-state index in [2.05, 4.69) is 20.9 Å². The molecule has 2 fully saturated rings. The summed E-state index contributed by atoms with van der Waals surface area (Å²) >= 11 is 0. The van der Waals surface area contributed by atoms with E-state index in [1.165, 1.54) is 6.42 Å². The first kappa shape index (κ1) is 24.5. The molecule has 0 radical (unpaired) electrons. The Labute approximate surface area is 211 Å². The second-order valence-electron chi connectivity index (χ2n) is 9.93. The van der Waals surface area contributed by atoms with Crippen molar-refractivity contribution in [1.82, 2.24) is 15.6 Å². The molecule has 9 heteroatoms. The molecule has 0 spiro atoms. The van der Waals surface area contributed by atoms with Crippen molar-refractivity contribution in [2.45, 2.75) is 81.8 Å². The van der Waals surface area contributed by atoms with Crippen LogP contribution in [0, 0.1) is 0 Å². The highest BCUT2D eigenvalue weighted by Crippen LogP contribution is 2.47. The predicted molar refractivity (Wildman–Crippen MR) is 134 cm³/mol. The standard InChI is InChI=1S/C27H34N4O5/c32-16-24-26-22(12-20(35-24)13-25(33)29-15-17-5-4-10-28-14-17)21-11-19(8-9-23(21)36-26)31-27(34)30-18-6-2-1-3-7-18/h4-5,8-11,14,18,20,22,24,26,32H,1-3,6-7,12-13,15-16H2,(H,29,33)(H2,30,31,34)/t20-,22+,24-,26-/m0/s1. The summed E-state index contributed by atoms with van der Waals surface area (Å²) in [7, 11) is 0. The fourth-order valence-corrected chi connectivity index (χ4v) is 5.55. The van der Waals surface area contributed by atoms with Gasteiger partial charge in [0.1, 0.15) is 18.0 Å². The van der Waals surface area contributed by atoms with Crippen molar-refractivity contribution in [3.8, 4) is 5.75 Å². The van der Waals surface area contributed by atoms with E-state index in [4.69, 9.17) is 9.47 Å². The van der Waals surface area contributed by atoms with Gasteiger partial charge in [0, 0.05) is 42.1 Å². The van der Waals surface area contributed by atoms with E-state index in [1.807, 2.05) is 30.3 Å². The summed E-state index contributed by atoms with van der Waals surface area (Å²) in [6, 6.07) is 9.40. The monoisotopic (exact) mass is 494 g/mol. The number of aliphatic hydroxyl groups excluding tert-OH is 1. The second-order valence-corrected chi connectivity index (χ2v) is 9.93. The zero-order valence-corrected chi connectivity index (χ0v) is 20.3. The molecule has 0 bridgehead atoms. The number of aliphatic hydroxyl groups is 1. The highest BCUT2D eigenvalue weighted by molar-refractivity contribution is 5.89. The number of hydrogen-bond donors (Lipinski definition) is 4. The van der Waals surface area contributed by atoms with E-state index in [1.54, 1.807) is 12.4 Å². The third-order valence-corrected chi connectivity index (χ3v) is 7.32. The molecule has 1 aliphatic carbocycles. The Balaban J connectivity index is 1.21. The lowest BCUT2D eigenvalue weighted by molar-refractivity contribution is -0.142. The highest BCUT2D eigenvalue weighted by Gasteiger charge is 2.46. The van der Waals surface area contributed by atoms with E-state index in [0.29, 0.717) is 18.7 Å². The van der Waals surface area contributed by atoms with E-state index >= 15 is 0 Å². The third-order valence-electron chi connectivity index (χ3n) is 7.32. The average molecular weight is 495 g/mol. The summed E-state index contributed by atoms with van der Waals surface area (Å²) < 4.78 is 12.2. The number of ether oxygens (including phenoxy) is 2. The number of anilines is 1. The SMILES string of the molecule is O=C(C[C@@H]1C[C@@H]2c3cc(NC(=O)NC4CCCCC4)ccc3O[C@@H]2[C@H](CO)O1)NCc1cccnc1. The topological polar surface area (TPSA) is 122 Å². The van der Waals surface area contributed by atoms with Crippen LogP contribution >= 0.6 is 0 Å². The second kappa shape index (κ2) is 11.3. The molecule has 0 unspecified atom stereocenters. The van der Waals surface area contributed by atoms with Gasteiger partial charge in [-0.3, -0.25) is 9.78 Å². The summed E-state index contributed by atoms with van der Waals surface area (Å²) in [5.41, 5.74) is 2.59. The summed E-state index contributed by atoms with van der Waals surface area (Å²) in [4.78, 5) is 29.2. The molecule has 3 heterocycles. The summed E-state index contributed by atoms with van der Waals surface area (Å²) in [5.74, 6) is 0.574. The number of pyridine rings is 1. The number of nitrogens with one attached hydrogen (secondary N) is 3. The van der Waals surface area contributed by atoms with E-state index in [-0.39, 0.29) is 49.1 Å². The number of aromatic nitrogens is 1. The van der Waals surface area contributed by atoms with Crippen molar-refractivity contribution in [1.29, 1.82) is 0 Å². The Bertz CT molecular complexity index is 1060. The Morgan fingerprint density at radius 1 is 1.14 bits per heavy atom. The van der Waals surface area contributed by atoms with Crippen molar-refractivity contribution in [3.63, 3.8) is 0 Å². The molecule has 3 amide bonds. The van der Waals surface area contributed by atoms with Crippen LogP contribution in [0.4, 0.5) is 10.5 Å². The Morgan fingerprint density at radius 3 is 2.78 bits per heavy atom. The number of benzene rings is 1. The van der Waals surface area contributed by atoms with Crippen LogP contribution in [0.1, 0.15) is 62.0 Å². The first-order valence-corrected chi connectivity index (χ1v) is 12.9. The Kier molecular flexibility index (Phi) is 7.67. The van der Waals surface area contributed by atoms with Gasteiger partial charge in [-0.25, -0.2) is 4.79 Å². The normalized spacial score (nSPS) is 25.2. The Hall–Kier alpha value is -3.17. The maximum Gasteiger partial charge on any atom is 0.319 e. The molecule has 1 saturated heterocycles. The minimum absolute atomic E-state index is 0.0369. The van der Waals surface area contributed by atoms with Gasteiger partial charge in [0.05, 0.1) is 19.1 Å². The minimum atomic E-state index is -0.529. The van der Waals surface area contributed by atoms with Gasteiger partial charge >= 0.3 is 6.03 Å². The maximum absolute atomic E-state index is 12.6. The Morgan fingerprint density at radius 2 is 2.00 bits per heavy atom. The van der Waals surface area contributed by atoms with Gasteiger partial charge in [0.15, 0.2) is 0 Å². The largest absolute Gasteiger partial charge is 0.487 e. The molecule has 1 aromatic carbocycles. The van der Waals surface area contributed by atoms with Gasteiger partial charge in [-0.15, -0.1) is 0 Å². The van der Waals surface area contributed by atoms with Crippen LogP contribution in [0.2, 0.25) is 0 Å². The quantitative estimate of drug-likeness (QED) is 0.469. The molecule has 4 N–H and O–H groups in total. The van der Waals surface area contributed by atoms with Crippen LogP contribution in [-0.2, 0) is 16.1 Å². The molecule has 192 valence electrons. The molecule has 1 saturated carbocycles. The molecule has 9 nitrogen and oxygen atoms in total. The van der Waals surface area contributed by atoms with Crippen LogP contribution < -0.4 is 20.7 Å². The lowest BCUT2D eigenvalue weighted by atomic mass is 9.84. The fraction of sp³-hybridized carbons (Fsp3) is 0.519. The number of hydrogen-bond acceptors (Lipinski definition) is 6. The molecular formula is C27H34N4O5. The number of urea groups is 1. The van der Waals surface area contributed by atoms with Crippen molar-refractivity contribution >= 4 is 17.6 Å². The van der Waals surface area contributed by atoms with Gasteiger partial charge in [0.25, 0.3) is 0 Å². The summed E-state index contributed by atoms with van der Waals surface area (Å²) in [6.07, 6.45) is 8.58. The zero-order chi connectivity index (χ0) is 24.9. The summed E-state index contributed by atoms with van der Waals surface area (Å²) in [6.45, 7) is 0.205. The molecule has 4 atom stereocenters. The number of carbonyl (C=O) groups is 2. The molecule has 5 rings (SSSR count). The predicted octanol–water partition coefficient (Wildman–Crippen LogP) is 3.24. The van der Waals surface area contributed by atoms with Crippen molar-refractivity contribution < 1.29 is 24.2 Å². The number of nitrogens with zero attached hydrogens (tertiary/aromatic N) is 1. The smallest absolute Gasteiger partial charge is 0.319 e. The lowest BCUT2D eigenvalue weighted by Gasteiger charge is -2.37. The molecule has 36 heavy (non-hydrogen) atoms.